The highest BCUT2D eigenvalue weighted by molar-refractivity contribution is 5.75. The van der Waals surface area contributed by atoms with E-state index < -0.39 is 0 Å². The van der Waals surface area contributed by atoms with Gasteiger partial charge in [-0.2, -0.15) is 0 Å². The summed E-state index contributed by atoms with van der Waals surface area (Å²) < 4.78 is 6.01. The molecule has 1 aliphatic rings. The summed E-state index contributed by atoms with van der Waals surface area (Å²) in [6.07, 6.45) is 8.07. The Bertz CT molecular complexity index is 439. The molecule has 0 atom stereocenters. The number of benzene rings is 1. The molecular formula is C18H28N2O2. The van der Waals surface area contributed by atoms with E-state index in [1.165, 1.54) is 32.1 Å². The van der Waals surface area contributed by atoms with Gasteiger partial charge in [-0.1, -0.05) is 18.6 Å². The van der Waals surface area contributed by atoms with Crippen molar-refractivity contribution in [3.63, 3.8) is 0 Å². The third-order valence-electron chi connectivity index (χ3n) is 4.10. The third-order valence-corrected chi connectivity index (χ3v) is 4.10. The molecule has 0 aliphatic heterocycles. The van der Waals surface area contributed by atoms with E-state index in [1.54, 1.807) is 0 Å². The zero-order valence-corrected chi connectivity index (χ0v) is 13.6. The number of hydrogen-bond acceptors (Lipinski definition) is 3. The van der Waals surface area contributed by atoms with Crippen LogP contribution >= 0.6 is 0 Å². The Hall–Kier alpha value is -1.55. The molecule has 1 aromatic rings. The Morgan fingerprint density at radius 1 is 1.18 bits per heavy atom. The van der Waals surface area contributed by atoms with Crippen LogP contribution in [-0.4, -0.2) is 25.6 Å². The van der Waals surface area contributed by atoms with Crippen LogP contribution in [0.15, 0.2) is 24.3 Å². The summed E-state index contributed by atoms with van der Waals surface area (Å²) in [6, 6.07) is 8.09. The summed E-state index contributed by atoms with van der Waals surface area (Å²) in [5, 5.41) is 5.99. The molecule has 0 bridgehead atoms. The molecule has 0 aromatic heterocycles. The maximum atomic E-state index is 11.7. The van der Waals surface area contributed by atoms with Gasteiger partial charge in [0.15, 0.2) is 0 Å². The second kappa shape index (κ2) is 9.46. The minimum absolute atomic E-state index is 0.109. The summed E-state index contributed by atoms with van der Waals surface area (Å²) in [7, 11) is 1.90. The van der Waals surface area contributed by atoms with Crippen LogP contribution in [0.3, 0.4) is 0 Å². The number of carbonyl (C=O) groups is 1. The first-order chi connectivity index (χ1) is 10.8. The maximum Gasteiger partial charge on any atom is 0.220 e. The summed E-state index contributed by atoms with van der Waals surface area (Å²) in [5.41, 5.74) is 1.11. The van der Waals surface area contributed by atoms with E-state index in [9.17, 15) is 4.79 Å². The van der Waals surface area contributed by atoms with Crippen LogP contribution in [0.25, 0.3) is 0 Å². The normalized spacial score (nSPS) is 15.5. The van der Waals surface area contributed by atoms with Gasteiger partial charge >= 0.3 is 0 Å². The average Bonchev–Trinajstić information content (AvgIpc) is 2.55. The van der Waals surface area contributed by atoms with Crippen LogP contribution < -0.4 is 15.4 Å². The molecule has 2 N–H and O–H groups in total. The molecule has 4 heteroatoms. The Balaban J connectivity index is 1.70. The molecular weight excluding hydrogens is 276 g/mol. The predicted molar refractivity (Wildman–Crippen MR) is 89.0 cm³/mol. The molecule has 1 amide bonds. The Labute approximate surface area is 133 Å². The Morgan fingerprint density at radius 2 is 1.91 bits per heavy atom. The molecule has 1 fully saturated rings. The molecule has 1 aliphatic carbocycles. The minimum atomic E-state index is 0.109. The largest absolute Gasteiger partial charge is 0.490 e. The van der Waals surface area contributed by atoms with Crippen molar-refractivity contribution >= 4 is 5.91 Å². The molecule has 22 heavy (non-hydrogen) atoms. The number of carbonyl (C=O) groups excluding carboxylic acids is 1. The van der Waals surface area contributed by atoms with Crippen LogP contribution in [0.2, 0.25) is 0 Å². The summed E-state index contributed by atoms with van der Waals surface area (Å²) in [4.78, 5) is 11.7. The monoisotopic (exact) mass is 304 g/mol. The highest BCUT2D eigenvalue weighted by atomic mass is 16.5. The lowest BCUT2D eigenvalue weighted by atomic mass is 9.98. The van der Waals surface area contributed by atoms with E-state index in [-0.39, 0.29) is 5.91 Å². The van der Waals surface area contributed by atoms with Gasteiger partial charge in [0.1, 0.15) is 5.75 Å². The van der Waals surface area contributed by atoms with Crippen molar-refractivity contribution in [3.8, 4) is 5.75 Å². The van der Waals surface area contributed by atoms with Crippen LogP contribution in [0.1, 0.15) is 50.5 Å². The number of ether oxygens (including phenoxy) is 1. The molecule has 0 saturated heterocycles. The van der Waals surface area contributed by atoms with Crippen LogP contribution in [-0.2, 0) is 11.3 Å². The van der Waals surface area contributed by atoms with E-state index in [1.807, 2.05) is 31.3 Å². The van der Waals surface area contributed by atoms with Crippen molar-refractivity contribution in [2.75, 3.05) is 13.6 Å². The van der Waals surface area contributed by atoms with Crippen molar-refractivity contribution in [1.82, 2.24) is 10.6 Å². The molecule has 2 rings (SSSR count). The van der Waals surface area contributed by atoms with E-state index >= 15 is 0 Å². The van der Waals surface area contributed by atoms with Gasteiger partial charge in [0.2, 0.25) is 5.91 Å². The number of amides is 1. The van der Waals surface area contributed by atoms with Crippen molar-refractivity contribution < 1.29 is 9.53 Å². The fourth-order valence-corrected chi connectivity index (χ4v) is 2.78. The van der Waals surface area contributed by atoms with Crippen molar-refractivity contribution in [2.45, 2.75) is 57.6 Å². The zero-order chi connectivity index (χ0) is 15.6. The van der Waals surface area contributed by atoms with Gasteiger partial charge in [0.25, 0.3) is 0 Å². The lowest BCUT2D eigenvalue weighted by Crippen LogP contribution is -2.23. The topological polar surface area (TPSA) is 50.4 Å². The molecule has 4 nitrogen and oxygen atoms in total. The first-order valence-electron chi connectivity index (χ1n) is 8.45. The first-order valence-corrected chi connectivity index (χ1v) is 8.45. The fourth-order valence-electron chi connectivity index (χ4n) is 2.78. The highest BCUT2D eigenvalue weighted by Crippen LogP contribution is 2.23. The first kappa shape index (κ1) is 16.8. The van der Waals surface area contributed by atoms with Gasteiger partial charge in [0.05, 0.1) is 6.10 Å². The minimum Gasteiger partial charge on any atom is -0.490 e. The second-order valence-corrected chi connectivity index (χ2v) is 6.01. The summed E-state index contributed by atoms with van der Waals surface area (Å²) in [6.45, 7) is 1.46. The lowest BCUT2D eigenvalue weighted by molar-refractivity contribution is -0.121. The number of nitrogens with one attached hydrogen (secondary N) is 2. The third kappa shape index (κ3) is 6.06. The van der Waals surface area contributed by atoms with Crippen LogP contribution in [0.5, 0.6) is 5.75 Å². The van der Waals surface area contributed by atoms with E-state index in [0.717, 1.165) is 24.3 Å². The smallest absolute Gasteiger partial charge is 0.220 e. The molecule has 0 heterocycles. The van der Waals surface area contributed by atoms with Gasteiger partial charge in [-0.3, -0.25) is 4.79 Å². The van der Waals surface area contributed by atoms with Crippen molar-refractivity contribution in [3.05, 3.63) is 29.8 Å². The van der Waals surface area contributed by atoms with E-state index in [4.69, 9.17) is 4.74 Å². The van der Waals surface area contributed by atoms with E-state index in [0.29, 0.717) is 19.1 Å². The quantitative estimate of drug-likeness (QED) is 0.726. The second-order valence-electron chi connectivity index (χ2n) is 6.01. The standard InChI is InChI=1S/C18H28N2O2/c1-19-13-5-8-18(21)20-14-15-9-11-17(12-10-15)22-16-6-3-2-4-7-16/h9-12,16,19H,2-8,13-14H2,1H3,(H,20,21). The van der Waals surface area contributed by atoms with Crippen LogP contribution in [0, 0.1) is 0 Å². The zero-order valence-electron chi connectivity index (χ0n) is 13.6. The van der Waals surface area contributed by atoms with Gasteiger partial charge in [-0.15, -0.1) is 0 Å². The summed E-state index contributed by atoms with van der Waals surface area (Å²) >= 11 is 0. The molecule has 0 unspecified atom stereocenters. The average molecular weight is 304 g/mol. The SMILES string of the molecule is CNCCCC(=O)NCc1ccc(OC2CCCCC2)cc1. The number of rotatable bonds is 8. The maximum absolute atomic E-state index is 11.7. The molecule has 1 saturated carbocycles. The molecule has 122 valence electrons. The van der Waals surface area contributed by atoms with E-state index in [2.05, 4.69) is 10.6 Å². The van der Waals surface area contributed by atoms with Gasteiger partial charge < -0.3 is 15.4 Å². The van der Waals surface area contributed by atoms with Gasteiger partial charge in [0, 0.05) is 13.0 Å². The molecule has 0 radical (unpaired) electrons. The molecule has 1 aromatic carbocycles. The summed E-state index contributed by atoms with van der Waals surface area (Å²) in [5.74, 6) is 1.05. The highest BCUT2D eigenvalue weighted by Gasteiger charge is 2.14. The van der Waals surface area contributed by atoms with Crippen molar-refractivity contribution in [1.29, 1.82) is 0 Å². The lowest BCUT2D eigenvalue weighted by Gasteiger charge is -2.23. The number of hydrogen-bond donors (Lipinski definition) is 2. The van der Waals surface area contributed by atoms with Crippen LogP contribution in [0.4, 0.5) is 0 Å². The van der Waals surface area contributed by atoms with Gasteiger partial charge in [-0.05, 0) is 63.4 Å². The van der Waals surface area contributed by atoms with Gasteiger partial charge in [-0.25, -0.2) is 0 Å². The van der Waals surface area contributed by atoms with Crippen molar-refractivity contribution in [2.24, 2.45) is 0 Å². The Kier molecular flexibility index (Phi) is 7.23. The predicted octanol–water partition coefficient (Wildman–Crippen LogP) is 3.01. The fraction of sp³-hybridized carbons (Fsp3) is 0.611. The Morgan fingerprint density at radius 3 is 2.59 bits per heavy atom. The molecule has 0 spiro atoms.